The zero-order chi connectivity index (χ0) is 22.7. The number of aromatic hydroxyl groups is 1. The third kappa shape index (κ3) is 4.57. The molecule has 0 aliphatic carbocycles. The number of phenols is 1. The van der Waals surface area contributed by atoms with Crippen LogP contribution in [0.2, 0.25) is 10.3 Å². The SMILES string of the molecule is N#Cc1cc(C(=O)NN=Cc2cccc3c2ccn3Cc2cc(Cl)nc(Cl)c2)ccc1O. The average molecular weight is 464 g/mol. The van der Waals surface area contributed by atoms with E-state index in [4.69, 9.17) is 28.5 Å². The van der Waals surface area contributed by atoms with E-state index in [1.165, 1.54) is 18.2 Å². The second-order valence-electron chi connectivity index (χ2n) is 6.89. The first-order chi connectivity index (χ1) is 15.4. The van der Waals surface area contributed by atoms with Crippen molar-refractivity contribution in [2.45, 2.75) is 6.54 Å². The number of hydrogen-bond acceptors (Lipinski definition) is 5. The normalized spacial score (nSPS) is 11.0. The molecule has 1 amide bonds. The summed E-state index contributed by atoms with van der Waals surface area (Å²) in [5.74, 6) is -0.672. The van der Waals surface area contributed by atoms with Crippen molar-refractivity contribution in [3.8, 4) is 11.8 Å². The van der Waals surface area contributed by atoms with Gasteiger partial charge < -0.3 is 9.67 Å². The highest BCUT2D eigenvalue weighted by Crippen LogP contribution is 2.22. The molecule has 0 aliphatic heterocycles. The van der Waals surface area contributed by atoms with E-state index in [-0.39, 0.29) is 16.9 Å². The Morgan fingerprint density at radius 3 is 2.72 bits per heavy atom. The molecule has 7 nitrogen and oxygen atoms in total. The number of rotatable bonds is 5. The number of nitriles is 1. The molecule has 32 heavy (non-hydrogen) atoms. The number of fused-ring (bicyclic) bond motifs is 1. The van der Waals surface area contributed by atoms with Crippen LogP contribution in [0.4, 0.5) is 0 Å². The number of pyridine rings is 1. The predicted octanol–water partition coefficient (Wildman–Crippen LogP) is 4.73. The molecule has 2 aromatic heterocycles. The maximum atomic E-state index is 12.3. The van der Waals surface area contributed by atoms with Gasteiger partial charge in [-0.25, -0.2) is 10.4 Å². The van der Waals surface area contributed by atoms with Crippen LogP contribution < -0.4 is 5.43 Å². The fourth-order valence-corrected chi connectivity index (χ4v) is 3.80. The lowest BCUT2D eigenvalue weighted by Crippen LogP contribution is -2.17. The lowest BCUT2D eigenvalue weighted by molar-refractivity contribution is 0.0955. The summed E-state index contributed by atoms with van der Waals surface area (Å²) < 4.78 is 2.05. The highest BCUT2D eigenvalue weighted by molar-refractivity contribution is 6.32. The number of benzene rings is 2. The van der Waals surface area contributed by atoms with Crippen LogP contribution in [0.25, 0.3) is 10.9 Å². The van der Waals surface area contributed by atoms with Gasteiger partial charge in [0.25, 0.3) is 5.91 Å². The minimum Gasteiger partial charge on any atom is -0.507 e. The molecule has 0 spiro atoms. The van der Waals surface area contributed by atoms with Crippen molar-refractivity contribution in [2.75, 3.05) is 0 Å². The van der Waals surface area contributed by atoms with Gasteiger partial charge in [-0.1, -0.05) is 35.3 Å². The summed E-state index contributed by atoms with van der Waals surface area (Å²) in [6, 6.07) is 17.1. The Morgan fingerprint density at radius 2 is 1.97 bits per heavy atom. The molecule has 0 fully saturated rings. The fourth-order valence-electron chi connectivity index (χ4n) is 3.29. The van der Waals surface area contributed by atoms with Gasteiger partial charge in [0.2, 0.25) is 0 Å². The number of carbonyl (C=O) groups is 1. The molecule has 0 unspecified atom stereocenters. The maximum Gasteiger partial charge on any atom is 0.271 e. The summed E-state index contributed by atoms with van der Waals surface area (Å²) in [5.41, 5.74) is 5.38. The first kappa shape index (κ1) is 21.4. The monoisotopic (exact) mass is 463 g/mol. The third-order valence-corrected chi connectivity index (χ3v) is 5.16. The molecule has 158 valence electrons. The number of phenolic OH excluding ortho intramolecular Hbond substituents is 1. The van der Waals surface area contributed by atoms with Crippen molar-refractivity contribution in [2.24, 2.45) is 5.10 Å². The summed E-state index contributed by atoms with van der Waals surface area (Å²) in [4.78, 5) is 16.3. The Morgan fingerprint density at radius 1 is 1.19 bits per heavy atom. The topological polar surface area (TPSA) is 103 Å². The average Bonchev–Trinajstić information content (AvgIpc) is 3.17. The van der Waals surface area contributed by atoms with E-state index in [9.17, 15) is 9.90 Å². The molecule has 0 radical (unpaired) electrons. The molecule has 0 saturated heterocycles. The van der Waals surface area contributed by atoms with Gasteiger partial charge in [-0.3, -0.25) is 4.79 Å². The number of hydrogen-bond donors (Lipinski definition) is 2. The molecule has 4 rings (SSSR count). The lowest BCUT2D eigenvalue weighted by Gasteiger charge is -2.07. The van der Waals surface area contributed by atoms with Crippen molar-refractivity contribution < 1.29 is 9.90 Å². The molecular weight excluding hydrogens is 449 g/mol. The molecule has 4 aromatic rings. The first-order valence-corrected chi connectivity index (χ1v) is 10.2. The van der Waals surface area contributed by atoms with Gasteiger partial charge in [-0.05, 0) is 48.0 Å². The van der Waals surface area contributed by atoms with Crippen LogP contribution in [0.3, 0.4) is 0 Å². The molecule has 2 aromatic carbocycles. The largest absolute Gasteiger partial charge is 0.507 e. The predicted molar refractivity (Wildman–Crippen MR) is 123 cm³/mol. The molecule has 0 aliphatic rings. The number of carbonyl (C=O) groups excluding carboxylic acids is 1. The standard InChI is InChI=1S/C23H15Cl2N5O2/c24-21-8-14(9-22(25)28-21)13-30-7-6-18-16(2-1-3-19(18)30)12-27-29-23(32)15-4-5-20(31)17(10-15)11-26/h1-10,12,31H,13H2,(H,29,32). The van der Waals surface area contributed by atoms with E-state index in [1.54, 1.807) is 18.3 Å². The van der Waals surface area contributed by atoms with Gasteiger partial charge in [-0.2, -0.15) is 10.4 Å². The maximum absolute atomic E-state index is 12.3. The molecule has 2 heterocycles. The number of nitrogens with one attached hydrogen (secondary N) is 1. The molecule has 0 bridgehead atoms. The number of amides is 1. The Hall–Kier alpha value is -3.86. The van der Waals surface area contributed by atoms with Gasteiger partial charge in [0.05, 0.1) is 11.8 Å². The van der Waals surface area contributed by atoms with Crippen molar-refractivity contribution >= 4 is 46.2 Å². The summed E-state index contributed by atoms with van der Waals surface area (Å²) in [6.07, 6.45) is 3.50. The van der Waals surface area contributed by atoms with Gasteiger partial charge in [0.15, 0.2) is 0 Å². The van der Waals surface area contributed by atoms with Crippen molar-refractivity contribution in [3.63, 3.8) is 0 Å². The Bertz CT molecular complexity index is 1390. The molecule has 0 saturated carbocycles. The van der Waals surface area contributed by atoms with Gasteiger partial charge >= 0.3 is 0 Å². The Balaban J connectivity index is 1.53. The zero-order valence-electron chi connectivity index (χ0n) is 16.5. The van der Waals surface area contributed by atoms with Crippen LogP contribution in [0, 0.1) is 11.3 Å². The van der Waals surface area contributed by atoms with Crippen LogP contribution in [0.1, 0.15) is 27.0 Å². The van der Waals surface area contributed by atoms with E-state index in [1.807, 2.05) is 41.1 Å². The van der Waals surface area contributed by atoms with E-state index >= 15 is 0 Å². The fraction of sp³-hybridized carbons (Fsp3) is 0.0435. The summed E-state index contributed by atoms with van der Waals surface area (Å²) >= 11 is 12.0. The lowest BCUT2D eigenvalue weighted by atomic mass is 10.1. The van der Waals surface area contributed by atoms with Crippen LogP contribution >= 0.6 is 23.2 Å². The Labute approximate surface area is 193 Å². The van der Waals surface area contributed by atoms with E-state index in [0.717, 1.165) is 22.0 Å². The number of nitrogens with zero attached hydrogens (tertiary/aromatic N) is 4. The van der Waals surface area contributed by atoms with Crippen molar-refractivity contribution in [1.82, 2.24) is 15.0 Å². The minimum absolute atomic E-state index is 0.0181. The second kappa shape index (κ2) is 9.10. The number of aromatic nitrogens is 2. The van der Waals surface area contributed by atoms with E-state index in [0.29, 0.717) is 16.9 Å². The highest BCUT2D eigenvalue weighted by atomic mass is 35.5. The van der Waals surface area contributed by atoms with E-state index < -0.39 is 5.91 Å². The summed E-state index contributed by atoms with van der Waals surface area (Å²) in [6.45, 7) is 0.560. The van der Waals surface area contributed by atoms with Crippen LogP contribution in [0.15, 0.2) is 65.9 Å². The number of hydrazone groups is 1. The second-order valence-corrected chi connectivity index (χ2v) is 7.66. The highest BCUT2D eigenvalue weighted by Gasteiger charge is 2.09. The van der Waals surface area contributed by atoms with Crippen LogP contribution in [-0.2, 0) is 6.54 Å². The third-order valence-electron chi connectivity index (χ3n) is 4.77. The molecule has 0 atom stereocenters. The Kier molecular flexibility index (Phi) is 6.08. The summed E-state index contributed by atoms with van der Waals surface area (Å²) in [7, 11) is 0. The first-order valence-electron chi connectivity index (χ1n) is 9.41. The summed E-state index contributed by atoms with van der Waals surface area (Å²) in [5, 5.41) is 24.2. The minimum atomic E-state index is -0.492. The quantitative estimate of drug-likeness (QED) is 0.253. The molecule has 9 heteroatoms. The van der Waals surface area contributed by atoms with Crippen molar-refractivity contribution in [1.29, 1.82) is 5.26 Å². The number of halogens is 2. The van der Waals surface area contributed by atoms with Crippen molar-refractivity contribution in [3.05, 3.63) is 93.4 Å². The molecule has 2 N–H and O–H groups in total. The van der Waals surface area contributed by atoms with Crippen LogP contribution in [-0.4, -0.2) is 26.8 Å². The van der Waals surface area contributed by atoms with Gasteiger partial charge in [0.1, 0.15) is 22.1 Å². The van der Waals surface area contributed by atoms with Gasteiger partial charge in [0, 0.05) is 34.8 Å². The van der Waals surface area contributed by atoms with E-state index in [2.05, 4.69) is 15.5 Å². The zero-order valence-corrected chi connectivity index (χ0v) is 18.0. The van der Waals surface area contributed by atoms with Gasteiger partial charge in [-0.15, -0.1) is 0 Å². The van der Waals surface area contributed by atoms with Crippen LogP contribution in [0.5, 0.6) is 5.75 Å². The smallest absolute Gasteiger partial charge is 0.271 e. The molecular formula is C23H15Cl2N5O2.